The molecule has 150 valence electrons. The van der Waals surface area contributed by atoms with Crippen LogP contribution in [0.2, 0.25) is 0 Å². The van der Waals surface area contributed by atoms with Gasteiger partial charge in [0.2, 0.25) is 0 Å². The lowest BCUT2D eigenvalue weighted by atomic mass is 9.68. The molecule has 1 aromatic carbocycles. The Morgan fingerprint density at radius 3 is 1.93 bits per heavy atom. The summed E-state index contributed by atoms with van der Waals surface area (Å²) in [4.78, 5) is 0. The highest BCUT2D eigenvalue weighted by atomic mass is 19.4. The summed E-state index contributed by atoms with van der Waals surface area (Å²) in [6.45, 7) is 2.30. The van der Waals surface area contributed by atoms with E-state index in [1.165, 1.54) is 69.8 Å². The average molecular weight is 379 g/mol. The monoisotopic (exact) mass is 378 g/mol. The molecule has 0 atom stereocenters. The highest BCUT2D eigenvalue weighted by Crippen LogP contribution is 2.44. The van der Waals surface area contributed by atoms with Crippen molar-refractivity contribution in [1.82, 2.24) is 0 Å². The second-order valence-corrected chi connectivity index (χ2v) is 8.72. The molecule has 0 nitrogen and oxygen atoms in total. The topological polar surface area (TPSA) is 0 Å². The van der Waals surface area contributed by atoms with Crippen LogP contribution in [0, 0.1) is 17.8 Å². The second-order valence-electron chi connectivity index (χ2n) is 8.72. The van der Waals surface area contributed by atoms with Crippen LogP contribution >= 0.6 is 0 Å². The molecule has 0 aromatic heterocycles. The molecule has 3 rings (SSSR count). The summed E-state index contributed by atoms with van der Waals surface area (Å²) in [6, 6.07) is 7.69. The summed E-state index contributed by atoms with van der Waals surface area (Å²) < 4.78 is 36.8. The second kappa shape index (κ2) is 9.30. The van der Waals surface area contributed by atoms with Crippen molar-refractivity contribution in [3.8, 4) is 0 Å². The molecule has 2 aliphatic carbocycles. The Morgan fingerprint density at radius 1 is 0.852 bits per heavy atom. The van der Waals surface area contributed by atoms with Crippen molar-refractivity contribution in [1.29, 1.82) is 0 Å². The molecular weight excluding hydrogens is 345 g/mol. The fourth-order valence-corrected chi connectivity index (χ4v) is 5.35. The summed E-state index contributed by atoms with van der Waals surface area (Å²) in [5, 5.41) is 0. The minimum Gasteiger partial charge on any atom is -0.167 e. The van der Waals surface area contributed by atoms with Gasteiger partial charge in [0, 0.05) is 6.08 Å². The molecule has 1 aromatic rings. The summed E-state index contributed by atoms with van der Waals surface area (Å²) in [6.07, 6.45) is 10.8. The van der Waals surface area contributed by atoms with Crippen molar-refractivity contribution in [3.05, 3.63) is 41.5 Å². The minimum absolute atomic E-state index is 0.308. The molecule has 0 saturated heterocycles. The fourth-order valence-electron chi connectivity index (χ4n) is 5.35. The summed E-state index contributed by atoms with van der Waals surface area (Å²) in [7, 11) is 0. The van der Waals surface area contributed by atoms with E-state index in [1.54, 1.807) is 0 Å². The van der Waals surface area contributed by atoms with Crippen LogP contribution in [-0.2, 0) is 0 Å². The van der Waals surface area contributed by atoms with Crippen LogP contribution in [0.25, 0.3) is 6.08 Å². The Kier molecular flexibility index (Phi) is 7.05. The van der Waals surface area contributed by atoms with Gasteiger partial charge in [-0.1, -0.05) is 62.9 Å². The van der Waals surface area contributed by atoms with E-state index >= 15 is 0 Å². The van der Waals surface area contributed by atoms with E-state index in [9.17, 15) is 13.2 Å². The number of hydrogen-bond acceptors (Lipinski definition) is 0. The lowest BCUT2D eigenvalue weighted by Gasteiger charge is -2.38. The number of allylic oxidation sites excluding steroid dienone is 1. The van der Waals surface area contributed by atoms with Crippen molar-refractivity contribution in [3.63, 3.8) is 0 Å². The van der Waals surface area contributed by atoms with Crippen LogP contribution in [0.3, 0.4) is 0 Å². The normalized spacial score (nSPS) is 29.9. The maximum atomic E-state index is 12.3. The van der Waals surface area contributed by atoms with Crippen LogP contribution in [0.5, 0.6) is 0 Å². The molecule has 0 spiro atoms. The molecule has 2 aliphatic rings. The van der Waals surface area contributed by atoms with Gasteiger partial charge in [-0.05, 0) is 73.3 Å². The highest BCUT2D eigenvalue weighted by Gasteiger charge is 2.31. The zero-order chi connectivity index (χ0) is 19.3. The van der Waals surface area contributed by atoms with Gasteiger partial charge in [0.15, 0.2) is 0 Å². The van der Waals surface area contributed by atoms with Gasteiger partial charge in [-0.15, -0.1) is 0 Å². The lowest BCUT2D eigenvalue weighted by Crippen LogP contribution is -2.25. The first-order chi connectivity index (χ1) is 12.9. The lowest BCUT2D eigenvalue weighted by molar-refractivity contribution is -0.0790. The molecule has 2 fully saturated rings. The zero-order valence-electron chi connectivity index (χ0n) is 16.5. The van der Waals surface area contributed by atoms with E-state index in [0.29, 0.717) is 17.6 Å². The van der Waals surface area contributed by atoms with E-state index in [4.69, 9.17) is 0 Å². The van der Waals surface area contributed by atoms with Gasteiger partial charge < -0.3 is 0 Å². The van der Waals surface area contributed by atoms with Gasteiger partial charge in [-0.3, -0.25) is 0 Å². The highest BCUT2D eigenvalue weighted by molar-refractivity contribution is 5.50. The number of alkyl halides is 3. The van der Waals surface area contributed by atoms with Gasteiger partial charge in [-0.25, -0.2) is 0 Å². The number of benzene rings is 1. The van der Waals surface area contributed by atoms with Crippen LogP contribution in [0.1, 0.15) is 88.2 Å². The Bertz CT molecular complexity index is 583. The summed E-state index contributed by atoms with van der Waals surface area (Å²) in [5.41, 5.74) is 1.91. The van der Waals surface area contributed by atoms with Crippen molar-refractivity contribution in [2.45, 2.75) is 83.2 Å². The van der Waals surface area contributed by atoms with Gasteiger partial charge in [0.25, 0.3) is 0 Å². The molecule has 0 N–H and O–H groups in total. The summed E-state index contributed by atoms with van der Waals surface area (Å²) in [5.74, 6) is 3.40. The quantitative estimate of drug-likeness (QED) is 0.485. The fraction of sp³-hybridized carbons (Fsp3) is 0.667. The Balaban J connectivity index is 1.47. The molecule has 0 bridgehead atoms. The molecule has 27 heavy (non-hydrogen) atoms. The van der Waals surface area contributed by atoms with Gasteiger partial charge >= 0.3 is 6.18 Å². The largest absolute Gasteiger partial charge is 0.409 e. The Labute approximate surface area is 162 Å². The van der Waals surface area contributed by atoms with E-state index in [0.717, 1.165) is 23.8 Å². The maximum Gasteiger partial charge on any atom is 0.409 e. The first-order valence-electron chi connectivity index (χ1n) is 10.8. The van der Waals surface area contributed by atoms with Crippen molar-refractivity contribution < 1.29 is 13.2 Å². The van der Waals surface area contributed by atoms with Crippen LogP contribution in [0.15, 0.2) is 30.3 Å². The zero-order valence-corrected chi connectivity index (χ0v) is 16.5. The maximum absolute atomic E-state index is 12.3. The molecule has 2 saturated carbocycles. The van der Waals surface area contributed by atoms with E-state index < -0.39 is 6.18 Å². The van der Waals surface area contributed by atoms with Gasteiger partial charge in [0.05, 0.1) is 0 Å². The molecule has 0 amide bonds. The first kappa shape index (κ1) is 20.5. The molecular formula is C24H33F3. The third kappa shape index (κ3) is 6.12. The first-order valence-corrected chi connectivity index (χ1v) is 10.8. The Hall–Kier alpha value is -1.25. The Morgan fingerprint density at radius 2 is 1.41 bits per heavy atom. The third-order valence-electron chi connectivity index (χ3n) is 6.90. The minimum atomic E-state index is -4.24. The number of halogens is 3. The summed E-state index contributed by atoms with van der Waals surface area (Å²) >= 11 is 0. The smallest absolute Gasteiger partial charge is 0.167 e. The van der Waals surface area contributed by atoms with Crippen LogP contribution in [0.4, 0.5) is 13.2 Å². The van der Waals surface area contributed by atoms with Crippen molar-refractivity contribution in [2.24, 2.45) is 17.8 Å². The van der Waals surface area contributed by atoms with Crippen molar-refractivity contribution >= 4 is 6.08 Å². The van der Waals surface area contributed by atoms with E-state index in [2.05, 4.69) is 6.92 Å². The van der Waals surface area contributed by atoms with Crippen LogP contribution < -0.4 is 0 Å². The number of hydrogen-bond donors (Lipinski definition) is 0. The van der Waals surface area contributed by atoms with E-state index in [1.807, 2.05) is 24.3 Å². The molecule has 0 heterocycles. The SMILES string of the molecule is CCC[C@H]1CC[C@H]([C@H]2CC[C@H](c3ccc(C=CC(F)(F)F)cc3)CC2)CC1. The predicted molar refractivity (Wildman–Crippen MR) is 107 cm³/mol. The molecule has 3 heteroatoms. The molecule has 0 aliphatic heterocycles. The predicted octanol–water partition coefficient (Wildman–Crippen LogP) is 8.14. The molecule has 0 radical (unpaired) electrons. The van der Waals surface area contributed by atoms with Crippen LogP contribution in [-0.4, -0.2) is 6.18 Å². The standard InChI is InChI=1S/C24H33F3/c1-2-3-18-4-8-20(9-5-18)22-12-14-23(15-13-22)21-10-6-19(7-11-21)16-17-24(25,26)27/h6-7,10-11,16-18,20,22-23H,2-5,8-9,12-15H2,1H3/t18-,20-,22-,23-. The third-order valence-corrected chi connectivity index (χ3v) is 6.90. The number of rotatable bonds is 5. The average Bonchev–Trinajstić information content (AvgIpc) is 2.67. The van der Waals surface area contributed by atoms with E-state index in [-0.39, 0.29) is 0 Å². The van der Waals surface area contributed by atoms with Gasteiger partial charge in [0.1, 0.15) is 0 Å². The van der Waals surface area contributed by atoms with Gasteiger partial charge in [-0.2, -0.15) is 13.2 Å². The molecule has 0 unspecified atom stereocenters. The van der Waals surface area contributed by atoms with Crippen molar-refractivity contribution in [2.75, 3.05) is 0 Å².